The van der Waals surface area contributed by atoms with Gasteiger partial charge in [0.15, 0.2) is 5.01 Å². The Kier molecular flexibility index (Phi) is 4.31. The van der Waals surface area contributed by atoms with E-state index in [2.05, 4.69) is 20.5 Å². The van der Waals surface area contributed by atoms with Crippen molar-refractivity contribution in [3.8, 4) is 10.6 Å². The Labute approximate surface area is 151 Å². The van der Waals surface area contributed by atoms with Gasteiger partial charge >= 0.3 is 6.09 Å². The number of hydrogen-bond acceptors (Lipinski definition) is 8. The number of nitrogens with zero attached hydrogens (tertiary/aromatic N) is 6. The van der Waals surface area contributed by atoms with Crippen molar-refractivity contribution in [2.75, 3.05) is 11.4 Å². The minimum atomic E-state index is -0.524. The number of cyclic esters (lactones) is 1. The molecule has 0 radical (unpaired) electrons. The van der Waals surface area contributed by atoms with Crippen LogP contribution in [0.5, 0.6) is 0 Å². The van der Waals surface area contributed by atoms with Gasteiger partial charge in [-0.15, -0.1) is 15.3 Å². The number of ether oxygens (including phenoxy) is 1. The highest BCUT2D eigenvalue weighted by atomic mass is 32.1. The van der Waals surface area contributed by atoms with Crippen molar-refractivity contribution in [3.63, 3.8) is 0 Å². The number of carbonyl (C=O) groups is 1. The number of aromatic nitrogens is 5. The van der Waals surface area contributed by atoms with Crippen LogP contribution < -0.4 is 10.6 Å². The number of amides is 1. The van der Waals surface area contributed by atoms with Crippen molar-refractivity contribution < 1.29 is 13.9 Å². The van der Waals surface area contributed by atoms with Crippen LogP contribution in [0.2, 0.25) is 0 Å². The molecule has 134 valence electrons. The van der Waals surface area contributed by atoms with Gasteiger partial charge in [-0.3, -0.25) is 4.90 Å². The molecular formula is C15H14FN7O2S. The highest BCUT2D eigenvalue weighted by Gasteiger charge is 2.33. The third kappa shape index (κ3) is 3.13. The molecular weight excluding hydrogens is 361 g/mol. The first-order valence-electron chi connectivity index (χ1n) is 7.78. The number of nitrogens with two attached hydrogens (primary N) is 1. The SMILES string of the molecule is NCc1nnc(-c2ccc(N3C[C@H](Cn4ccnn4)OC3=O)cc2F)s1. The third-order valence-electron chi connectivity index (χ3n) is 3.87. The zero-order chi connectivity index (χ0) is 18.1. The zero-order valence-electron chi connectivity index (χ0n) is 13.4. The molecule has 1 aliphatic heterocycles. The quantitative estimate of drug-likeness (QED) is 0.718. The first-order chi connectivity index (χ1) is 12.6. The van der Waals surface area contributed by atoms with Crippen LogP contribution in [0.3, 0.4) is 0 Å². The third-order valence-corrected chi connectivity index (χ3v) is 4.85. The number of hydrogen-bond donors (Lipinski definition) is 1. The van der Waals surface area contributed by atoms with Crippen molar-refractivity contribution in [1.29, 1.82) is 0 Å². The number of anilines is 1. The lowest BCUT2D eigenvalue weighted by atomic mass is 10.2. The lowest BCUT2D eigenvalue weighted by Gasteiger charge is -2.13. The minimum Gasteiger partial charge on any atom is -0.442 e. The van der Waals surface area contributed by atoms with E-state index in [1.165, 1.54) is 22.3 Å². The van der Waals surface area contributed by atoms with Gasteiger partial charge in [-0.2, -0.15) is 0 Å². The van der Waals surface area contributed by atoms with Gasteiger partial charge in [-0.1, -0.05) is 16.6 Å². The molecule has 0 unspecified atom stereocenters. The second-order valence-electron chi connectivity index (χ2n) is 5.61. The van der Waals surface area contributed by atoms with Crippen LogP contribution in [-0.2, 0) is 17.8 Å². The Bertz CT molecular complexity index is 930. The van der Waals surface area contributed by atoms with E-state index >= 15 is 0 Å². The van der Waals surface area contributed by atoms with Crippen LogP contribution >= 0.6 is 11.3 Å². The lowest BCUT2D eigenvalue weighted by Crippen LogP contribution is -2.26. The highest BCUT2D eigenvalue weighted by Crippen LogP contribution is 2.30. The maximum atomic E-state index is 14.5. The molecule has 1 atom stereocenters. The van der Waals surface area contributed by atoms with E-state index in [1.807, 2.05) is 0 Å². The summed E-state index contributed by atoms with van der Waals surface area (Å²) in [6, 6.07) is 4.52. The summed E-state index contributed by atoms with van der Waals surface area (Å²) in [6.07, 6.45) is 2.32. The van der Waals surface area contributed by atoms with Crippen LogP contribution in [0.1, 0.15) is 5.01 Å². The average molecular weight is 375 g/mol. The number of rotatable bonds is 5. The molecule has 11 heteroatoms. The molecule has 3 aromatic rings. The van der Waals surface area contributed by atoms with Crippen molar-refractivity contribution in [1.82, 2.24) is 25.2 Å². The summed E-state index contributed by atoms with van der Waals surface area (Å²) in [6.45, 7) is 0.938. The Hall–Kier alpha value is -2.92. The molecule has 0 bridgehead atoms. The van der Waals surface area contributed by atoms with Gasteiger partial charge in [0.05, 0.1) is 25.0 Å². The fraction of sp³-hybridized carbons (Fsp3) is 0.267. The Morgan fingerprint density at radius 3 is 2.96 bits per heavy atom. The van der Waals surface area contributed by atoms with Crippen LogP contribution in [0.15, 0.2) is 30.6 Å². The Balaban J connectivity index is 1.52. The van der Waals surface area contributed by atoms with Gasteiger partial charge in [0.25, 0.3) is 0 Å². The summed E-state index contributed by atoms with van der Waals surface area (Å²) in [5.41, 5.74) is 6.24. The fourth-order valence-electron chi connectivity index (χ4n) is 2.66. The molecule has 9 nitrogen and oxygen atoms in total. The predicted molar refractivity (Wildman–Crippen MR) is 90.8 cm³/mol. The van der Waals surface area contributed by atoms with E-state index in [1.54, 1.807) is 29.2 Å². The normalized spacial score (nSPS) is 16.9. The molecule has 0 spiro atoms. The van der Waals surface area contributed by atoms with E-state index in [0.29, 0.717) is 34.4 Å². The molecule has 3 heterocycles. The van der Waals surface area contributed by atoms with Crippen LogP contribution in [0, 0.1) is 5.82 Å². The van der Waals surface area contributed by atoms with Crippen molar-refractivity contribution in [3.05, 3.63) is 41.4 Å². The Morgan fingerprint density at radius 2 is 2.27 bits per heavy atom. The maximum absolute atomic E-state index is 14.5. The van der Waals surface area contributed by atoms with Gasteiger partial charge in [-0.25, -0.2) is 13.9 Å². The lowest BCUT2D eigenvalue weighted by molar-refractivity contribution is 0.129. The smallest absolute Gasteiger partial charge is 0.414 e. The van der Waals surface area contributed by atoms with Crippen LogP contribution in [-0.4, -0.2) is 43.9 Å². The molecule has 1 aromatic carbocycles. The van der Waals surface area contributed by atoms with Gasteiger partial charge < -0.3 is 10.5 Å². The largest absolute Gasteiger partial charge is 0.442 e. The second-order valence-corrected chi connectivity index (χ2v) is 6.67. The first kappa shape index (κ1) is 16.5. The minimum absolute atomic E-state index is 0.254. The Morgan fingerprint density at radius 1 is 1.38 bits per heavy atom. The fourth-order valence-corrected chi connectivity index (χ4v) is 3.40. The van der Waals surface area contributed by atoms with Crippen molar-refractivity contribution in [2.45, 2.75) is 19.2 Å². The average Bonchev–Trinajstić information content (AvgIpc) is 3.36. The summed E-state index contributed by atoms with van der Waals surface area (Å²) >= 11 is 1.23. The van der Waals surface area contributed by atoms with Gasteiger partial charge in [0, 0.05) is 18.3 Å². The topological polar surface area (TPSA) is 112 Å². The number of benzene rings is 1. The van der Waals surface area contributed by atoms with Gasteiger partial charge in [0.1, 0.15) is 16.9 Å². The number of halogens is 1. The first-order valence-corrected chi connectivity index (χ1v) is 8.60. The molecule has 1 aliphatic rings. The molecule has 2 N–H and O–H groups in total. The predicted octanol–water partition coefficient (Wildman–Crippen LogP) is 1.42. The zero-order valence-corrected chi connectivity index (χ0v) is 14.3. The molecule has 2 aromatic heterocycles. The molecule has 0 aliphatic carbocycles. The molecule has 26 heavy (non-hydrogen) atoms. The van der Waals surface area contributed by atoms with E-state index in [-0.39, 0.29) is 12.6 Å². The summed E-state index contributed by atoms with van der Waals surface area (Å²) in [4.78, 5) is 13.5. The van der Waals surface area contributed by atoms with Crippen molar-refractivity contribution >= 4 is 23.1 Å². The van der Waals surface area contributed by atoms with Crippen LogP contribution in [0.4, 0.5) is 14.9 Å². The molecule has 0 saturated carbocycles. The van der Waals surface area contributed by atoms with E-state index < -0.39 is 11.9 Å². The van der Waals surface area contributed by atoms with E-state index in [9.17, 15) is 9.18 Å². The van der Waals surface area contributed by atoms with E-state index in [0.717, 1.165) is 0 Å². The maximum Gasteiger partial charge on any atom is 0.414 e. The number of carbonyl (C=O) groups excluding carboxylic acids is 1. The summed E-state index contributed by atoms with van der Waals surface area (Å²) in [5.74, 6) is -0.491. The molecule has 4 rings (SSSR count). The molecule has 1 amide bonds. The summed E-state index contributed by atoms with van der Waals surface area (Å²) < 4.78 is 21.4. The molecule has 1 fully saturated rings. The summed E-state index contributed by atoms with van der Waals surface area (Å²) in [7, 11) is 0. The molecule has 1 saturated heterocycles. The van der Waals surface area contributed by atoms with Gasteiger partial charge in [-0.05, 0) is 18.2 Å². The van der Waals surface area contributed by atoms with Gasteiger partial charge in [0.2, 0.25) is 0 Å². The second kappa shape index (κ2) is 6.77. The monoisotopic (exact) mass is 375 g/mol. The highest BCUT2D eigenvalue weighted by molar-refractivity contribution is 7.14. The summed E-state index contributed by atoms with van der Waals surface area (Å²) in [5, 5.41) is 16.5. The van der Waals surface area contributed by atoms with Crippen LogP contribution in [0.25, 0.3) is 10.6 Å². The standard InChI is InChI=1S/C15H14FN7O2S/c16-12-5-9(1-2-11(12)14-20-19-13(6-17)26-14)23-8-10(25-15(23)24)7-22-4-3-18-21-22/h1-5,10H,6-8,17H2/t10-/m0/s1. The van der Waals surface area contributed by atoms with E-state index in [4.69, 9.17) is 10.5 Å². The van der Waals surface area contributed by atoms with Crippen molar-refractivity contribution in [2.24, 2.45) is 5.73 Å².